The molecular formula is C9H15BrN4O. The molecule has 0 aliphatic rings. The summed E-state index contributed by atoms with van der Waals surface area (Å²) in [6, 6.07) is 1.63. The first-order valence-electron chi connectivity index (χ1n) is 4.83. The fourth-order valence-corrected chi connectivity index (χ4v) is 1.47. The van der Waals surface area contributed by atoms with E-state index >= 15 is 0 Å². The summed E-state index contributed by atoms with van der Waals surface area (Å²) in [5, 5.41) is 12.3. The molecule has 84 valence electrons. The first-order chi connectivity index (χ1) is 7.11. The molecule has 1 rings (SSSR count). The molecule has 0 radical (unpaired) electrons. The highest BCUT2D eigenvalue weighted by Crippen LogP contribution is 2.12. The largest absolute Gasteiger partial charge is 0.393 e. The number of nitrogens with one attached hydrogen (secondary N) is 1. The van der Waals surface area contributed by atoms with Gasteiger partial charge in [-0.05, 0) is 28.8 Å². The number of anilines is 2. The molecule has 1 heterocycles. The summed E-state index contributed by atoms with van der Waals surface area (Å²) in [5.41, 5.74) is 5.55. The maximum Gasteiger partial charge on any atom is 0.225 e. The van der Waals surface area contributed by atoms with Crippen molar-refractivity contribution in [2.24, 2.45) is 0 Å². The van der Waals surface area contributed by atoms with Crippen molar-refractivity contribution in [2.75, 3.05) is 17.6 Å². The van der Waals surface area contributed by atoms with Crippen LogP contribution in [0.4, 0.5) is 11.8 Å². The van der Waals surface area contributed by atoms with Gasteiger partial charge in [0.15, 0.2) is 0 Å². The van der Waals surface area contributed by atoms with Crippen LogP contribution < -0.4 is 11.1 Å². The molecule has 0 saturated carbocycles. The van der Waals surface area contributed by atoms with Gasteiger partial charge in [0.05, 0.1) is 6.10 Å². The van der Waals surface area contributed by atoms with E-state index in [1.807, 2.05) is 6.92 Å². The summed E-state index contributed by atoms with van der Waals surface area (Å²) in [4.78, 5) is 8.09. The van der Waals surface area contributed by atoms with Crippen molar-refractivity contribution in [1.82, 2.24) is 9.97 Å². The van der Waals surface area contributed by atoms with E-state index in [9.17, 15) is 5.11 Å². The van der Waals surface area contributed by atoms with E-state index in [2.05, 4.69) is 31.2 Å². The third-order valence-electron chi connectivity index (χ3n) is 1.95. The maximum absolute atomic E-state index is 9.33. The van der Waals surface area contributed by atoms with Crippen LogP contribution in [0.1, 0.15) is 19.8 Å². The molecule has 15 heavy (non-hydrogen) atoms. The van der Waals surface area contributed by atoms with Gasteiger partial charge in [-0.2, -0.15) is 4.98 Å². The molecule has 0 bridgehead atoms. The van der Waals surface area contributed by atoms with Gasteiger partial charge < -0.3 is 16.2 Å². The number of nitrogens with two attached hydrogens (primary N) is 1. The summed E-state index contributed by atoms with van der Waals surface area (Å²) in [7, 11) is 0. The third kappa shape index (κ3) is 4.44. The van der Waals surface area contributed by atoms with Crippen LogP contribution in [-0.2, 0) is 0 Å². The van der Waals surface area contributed by atoms with E-state index in [0.717, 1.165) is 6.42 Å². The molecular weight excluding hydrogens is 260 g/mol. The second-order valence-corrected chi connectivity index (χ2v) is 4.03. The lowest BCUT2D eigenvalue weighted by atomic mass is 10.2. The van der Waals surface area contributed by atoms with Gasteiger partial charge >= 0.3 is 0 Å². The Labute approximate surface area is 97.2 Å². The number of hydrogen-bond acceptors (Lipinski definition) is 5. The fourth-order valence-electron chi connectivity index (χ4n) is 1.07. The highest BCUT2D eigenvalue weighted by atomic mass is 79.9. The summed E-state index contributed by atoms with van der Waals surface area (Å²) >= 11 is 3.23. The molecule has 5 nitrogen and oxygen atoms in total. The molecule has 6 heteroatoms. The van der Waals surface area contributed by atoms with Crippen LogP contribution in [0.15, 0.2) is 10.7 Å². The molecule has 4 N–H and O–H groups in total. The zero-order valence-electron chi connectivity index (χ0n) is 8.57. The van der Waals surface area contributed by atoms with Crippen molar-refractivity contribution >= 4 is 27.7 Å². The van der Waals surface area contributed by atoms with Gasteiger partial charge in [0, 0.05) is 12.6 Å². The number of nitrogens with zero attached hydrogens (tertiary/aromatic N) is 2. The van der Waals surface area contributed by atoms with E-state index in [1.54, 1.807) is 6.07 Å². The predicted octanol–water partition coefficient (Wildman–Crippen LogP) is 1.39. The minimum Gasteiger partial charge on any atom is -0.393 e. The van der Waals surface area contributed by atoms with Crippen LogP contribution >= 0.6 is 15.9 Å². The third-order valence-corrected chi connectivity index (χ3v) is 2.35. The molecule has 1 aromatic heterocycles. The predicted molar refractivity (Wildman–Crippen MR) is 63.5 cm³/mol. The van der Waals surface area contributed by atoms with Gasteiger partial charge in [0.25, 0.3) is 0 Å². The number of nitrogen functional groups attached to an aromatic ring is 1. The minimum atomic E-state index is -0.276. The lowest BCUT2D eigenvalue weighted by Gasteiger charge is -2.08. The Bertz CT molecular complexity index is 301. The van der Waals surface area contributed by atoms with Crippen LogP contribution in [0, 0.1) is 0 Å². The number of aromatic nitrogens is 2. The number of hydrogen-bond donors (Lipinski definition) is 3. The van der Waals surface area contributed by atoms with Crippen LogP contribution in [0.3, 0.4) is 0 Å². The first-order valence-corrected chi connectivity index (χ1v) is 5.63. The molecule has 0 amide bonds. The Morgan fingerprint density at radius 2 is 2.33 bits per heavy atom. The topological polar surface area (TPSA) is 84.1 Å². The molecule has 0 aromatic carbocycles. The Hall–Kier alpha value is -0.880. The molecule has 1 aromatic rings. The van der Waals surface area contributed by atoms with Gasteiger partial charge in [-0.3, -0.25) is 0 Å². The van der Waals surface area contributed by atoms with E-state index in [4.69, 9.17) is 5.73 Å². The highest BCUT2D eigenvalue weighted by molar-refractivity contribution is 9.10. The van der Waals surface area contributed by atoms with E-state index in [0.29, 0.717) is 29.3 Å². The highest BCUT2D eigenvalue weighted by Gasteiger charge is 2.02. The zero-order valence-corrected chi connectivity index (χ0v) is 10.2. The summed E-state index contributed by atoms with van der Waals surface area (Å²) in [5.74, 6) is 0.889. The summed E-state index contributed by atoms with van der Waals surface area (Å²) in [6.07, 6.45) is 1.15. The van der Waals surface area contributed by atoms with E-state index < -0.39 is 0 Å². The van der Waals surface area contributed by atoms with Crippen molar-refractivity contribution < 1.29 is 5.11 Å². The molecule has 0 fully saturated rings. The van der Waals surface area contributed by atoms with Gasteiger partial charge in [-0.15, -0.1) is 0 Å². The lowest BCUT2D eigenvalue weighted by Crippen LogP contribution is -2.14. The second-order valence-electron chi connectivity index (χ2n) is 3.22. The van der Waals surface area contributed by atoms with Crippen LogP contribution in [0.25, 0.3) is 0 Å². The van der Waals surface area contributed by atoms with Crippen LogP contribution in [0.2, 0.25) is 0 Å². The van der Waals surface area contributed by atoms with Crippen molar-refractivity contribution in [2.45, 2.75) is 25.9 Å². The molecule has 1 unspecified atom stereocenters. The normalized spacial score (nSPS) is 12.5. The monoisotopic (exact) mass is 274 g/mol. The maximum atomic E-state index is 9.33. The van der Waals surface area contributed by atoms with Crippen molar-refractivity contribution in [1.29, 1.82) is 0 Å². The number of aliphatic hydroxyl groups is 1. The average molecular weight is 275 g/mol. The molecule has 0 aliphatic heterocycles. The van der Waals surface area contributed by atoms with Crippen LogP contribution in [0.5, 0.6) is 0 Å². The van der Waals surface area contributed by atoms with Gasteiger partial charge in [0.2, 0.25) is 5.95 Å². The zero-order chi connectivity index (χ0) is 11.3. The molecule has 1 atom stereocenters. The van der Waals surface area contributed by atoms with Crippen LogP contribution in [-0.4, -0.2) is 27.7 Å². The molecule has 0 aliphatic carbocycles. The quantitative estimate of drug-likeness (QED) is 0.707. The van der Waals surface area contributed by atoms with E-state index in [-0.39, 0.29) is 6.10 Å². The summed E-state index contributed by atoms with van der Waals surface area (Å²) < 4.78 is 0.647. The number of rotatable bonds is 5. The second kappa shape index (κ2) is 5.87. The number of halogens is 1. The van der Waals surface area contributed by atoms with Crippen molar-refractivity contribution in [3.05, 3.63) is 10.7 Å². The Balaban J connectivity index is 2.43. The smallest absolute Gasteiger partial charge is 0.225 e. The number of aliphatic hydroxyl groups excluding tert-OH is 1. The van der Waals surface area contributed by atoms with Gasteiger partial charge in [-0.25, -0.2) is 4.98 Å². The standard InChI is InChI=1S/C9H15BrN4O/c1-2-6(15)3-4-12-9-13-7(10)5-8(11)14-9/h5-6,15H,2-4H2,1H3,(H3,11,12,13,14). The average Bonchev–Trinajstić information content (AvgIpc) is 2.16. The fraction of sp³-hybridized carbons (Fsp3) is 0.556. The van der Waals surface area contributed by atoms with E-state index in [1.165, 1.54) is 0 Å². The first kappa shape index (κ1) is 12.2. The minimum absolute atomic E-state index is 0.276. The Morgan fingerprint density at radius 1 is 1.60 bits per heavy atom. The van der Waals surface area contributed by atoms with Gasteiger partial charge in [-0.1, -0.05) is 6.92 Å². The van der Waals surface area contributed by atoms with Crippen molar-refractivity contribution in [3.8, 4) is 0 Å². The Morgan fingerprint density at radius 3 is 2.93 bits per heavy atom. The molecule has 0 saturated heterocycles. The Kier molecular flexibility index (Phi) is 4.77. The SMILES string of the molecule is CCC(O)CCNc1nc(N)cc(Br)n1. The lowest BCUT2D eigenvalue weighted by molar-refractivity contribution is 0.164. The van der Waals surface area contributed by atoms with Crippen molar-refractivity contribution in [3.63, 3.8) is 0 Å². The molecule has 0 spiro atoms. The summed E-state index contributed by atoms with van der Waals surface area (Å²) in [6.45, 7) is 2.57. The van der Waals surface area contributed by atoms with Gasteiger partial charge in [0.1, 0.15) is 10.4 Å².